The van der Waals surface area contributed by atoms with E-state index in [0.29, 0.717) is 12.0 Å². The minimum absolute atomic E-state index is 0.0204. The Morgan fingerprint density at radius 3 is 2.27 bits per heavy atom. The van der Waals surface area contributed by atoms with Gasteiger partial charge in [0.15, 0.2) is 0 Å². The molecule has 3 N–H and O–H groups in total. The van der Waals surface area contributed by atoms with E-state index in [0.717, 1.165) is 28.6 Å². The van der Waals surface area contributed by atoms with Crippen LogP contribution in [0.4, 0.5) is 10.5 Å². The second-order valence-electron chi connectivity index (χ2n) is 8.14. The summed E-state index contributed by atoms with van der Waals surface area (Å²) in [6.45, 7) is 3.64. The second-order valence-corrected chi connectivity index (χ2v) is 10.00. The van der Waals surface area contributed by atoms with Crippen LogP contribution in [0.15, 0.2) is 59.5 Å². The van der Waals surface area contributed by atoms with Gasteiger partial charge in [-0.3, -0.25) is 10.1 Å². The number of nitrogens with zero attached hydrogens (tertiary/aromatic N) is 2. The maximum atomic E-state index is 13.6. The summed E-state index contributed by atoms with van der Waals surface area (Å²) in [6.07, 6.45) is -1.11. The molecule has 11 heteroatoms. The van der Waals surface area contributed by atoms with E-state index in [1.807, 2.05) is 13.8 Å². The molecule has 0 saturated carbocycles. The van der Waals surface area contributed by atoms with Gasteiger partial charge < -0.3 is 15.5 Å². The van der Waals surface area contributed by atoms with Crippen LogP contribution in [0.3, 0.4) is 0 Å². The summed E-state index contributed by atoms with van der Waals surface area (Å²) >= 11 is 0. The van der Waals surface area contributed by atoms with Crippen molar-refractivity contribution in [2.75, 3.05) is 13.1 Å². The molecule has 0 aliphatic heterocycles. The number of rotatable bonds is 12. The zero-order chi connectivity index (χ0) is 24.6. The Hall–Kier alpha value is -3.02. The zero-order valence-electron chi connectivity index (χ0n) is 18.5. The number of nitro benzene ring substituents is 1. The molecule has 1 unspecified atom stereocenters. The molecule has 0 aliphatic carbocycles. The van der Waals surface area contributed by atoms with Crippen LogP contribution in [0.25, 0.3) is 0 Å². The van der Waals surface area contributed by atoms with E-state index < -0.39 is 26.8 Å². The molecule has 1 atom stereocenters. The van der Waals surface area contributed by atoms with Crippen molar-refractivity contribution >= 4 is 21.8 Å². The lowest BCUT2D eigenvalue weighted by Crippen LogP contribution is -2.55. The molecule has 1 amide bonds. The van der Waals surface area contributed by atoms with E-state index in [1.54, 1.807) is 30.3 Å². The number of nitrogens with one attached hydrogen (secondary N) is 1. The first kappa shape index (κ1) is 26.2. The van der Waals surface area contributed by atoms with E-state index in [1.165, 1.54) is 0 Å². The number of hydrogen-bond donors (Lipinski definition) is 3. The Labute approximate surface area is 193 Å². The van der Waals surface area contributed by atoms with Gasteiger partial charge in [0.1, 0.15) is 5.72 Å². The molecule has 33 heavy (non-hydrogen) atoms. The number of benzene rings is 2. The number of hydrogen-bond acceptors (Lipinski definition) is 6. The third-order valence-electron chi connectivity index (χ3n) is 5.14. The summed E-state index contributed by atoms with van der Waals surface area (Å²) in [5.74, 6) is 0.123. The van der Waals surface area contributed by atoms with Gasteiger partial charge in [-0.25, -0.2) is 13.2 Å². The minimum Gasteiger partial charge on any atom is -0.465 e. The van der Waals surface area contributed by atoms with E-state index in [4.69, 9.17) is 5.11 Å². The highest BCUT2D eigenvalue weighted by atomic mass is 32.2. The fourth-order valence-corrected chi connectivity index (χ4v) is 5.07. The molecule has 0 saturated heterocycles. The van der Waals surface area contributed by atoms with Crippen molar-refractivity contribution in [3.8, 4) is 0 Å². The Bertz CT molecular complexity index is 1040. The van der Waals surface area contributed by atoms with E-state index in [-0.39, 0.29) is 42.4 Å². The molecule has 0 fully saturated rings. The maximum absolute atomic E-state index is 13.6. The highest BCUT2D eigenvalue weighted by Gasteiger charge is 2.42. The summed E-state index contributed by atoms with van der Waals surface area (Å²) in [5, 5.41) is 33.8. The second kappa shape index (κ2) is 11.2. The number of aliphatic hydroxyl groups is 1. The van der Waals surface area contributed by atoms with Crippen molar-refractivity contribution in [2.24, 2.45) is 5.92 Å². The van der Waals surface area contributed by atoms with Crippen molar-refractivity contribution in [2.45, 2.75) is 43.7 Å². The standard InChI is InChI=1S/C22H29N3O7S/c1-17(2)12-15-24(33(31,32)20-10-8-19(9-11-20)25(29)30)22(28,13-14-23-21(26)27)16-18-6-4-3-5-7-18/h3-11,17,23,28H,12-16H2,1-2H3,(H,26,27). The summed E-state index contributed by atoms with van der Waals surface area (Å²) in [4.78, 5) is 21.1. The summed E-state index contributed by atoms with van der Waals surface area (Å²) < 4.78 is 28.2. The van der Waals surface area contributed by atoms with Crippen LogP contribution in [0, 0.1) is 16.0 Å². The smallest absolute Gasteiger partial charge is 0.404 e. The number of carboxylic acid groups (broad SMARTS) is 1. The van der Waals surface area contributed by atoms with Gasteiger partial charge in [-0.15, -0.1) is 0 Å². The van der Waals surface area contributed by atoms with Gasteiger partial charge in [0, 0.05) is 38.1 Å². The van der Waals surface area contributed by atoms with Crippen molar-refractivity contribution < 1.29 is 28.3 Å². The number of amides is 1. The molecule has 180 valence electrons. The highest BCUT2D eigenvalue weighted by molar-refractivity contribution is 7.89. The average Bonchev–Trinajstić information content (AvgIpc) is 2.74. The normalized spacial score (nSPS) is 13.6. The quantitative estimate of drug-likeness (QED) is 0.240. The topological polar surface area (TPSA) is 150 Å². The number of non-ortho nitro benzene ring substituents is 1. The third-order valence-corrected chi connectivity index (χ3v) is 7.11. The molecule has 0 aliphatic rings. The molecule has 0 radical (unpaired) electrons. The lowest BCUT2D eigenvalue weighted by molar-refractivity contribution is -0.384. The maximum Gasteiger partial charge on any atom is 0.404 e. The van der Waals surface area contributed by atoms with Crippen molar-refractivity contribution in [3.05, 3.63) is 70.3 Å². The van der Waals surface area contributed by atoms with Gasteiger partial charge in [0.05, 0.1) is 9.82 Å². The van der Waals surface area contributed by atoms with Gasteiger partial charge in [-0.05, 0) is 30.0 Å². The SMILES string of the molecule is CC(C)CCN(C(O)(CCNC(=O)O)Cc1ccccc1)S(=O)(=O)c1ccc([N+](=O)[O-])cc1. The molecule has 2 aromatic carbocycles. The largest absolute Gasteiger partial charge is 0.465 e. The van der Waals surface area contributed by atoms with Gasteiger partial charge >= 0.3 is 6.09 Å². The van der Waals surface area contributed by atoms with Gasteiger partial charge in [-0.1, -0.05) is 44.2 Å². The van der Waals surface area contributed by atoms with Crippen LogP contribution in [0.5, 0.6) is 0 Å². The van der Waals surface area contributed by atoms with Crippen LogP contribution in [-0.2, 0) is 16.4 Å². The summed E-state index contributed by atoms with van der Waals surface area (Å²) in [7, 11) is -4.28. The predicted molar refractivity (Wildman–Crippen MR) is 122 cm³/mol. The Balaban J connectivity index is 2.52. The van der Waals surface area contributed by atoms with Gasteiger partial charge in [0.25, 0.3) is 5.69 Å². The number of nitro groups is 1. The predicted octanol–water partition coefficient (Wildman–Crippen LogP) is 3.22. The van der Waals surface area contributed by atoms with Crippen molar-refractivity contribution in [1.82, 2.24) is 9.62 Å². The molecule has 10 nitrogen and oxygen atoms in total. The van der Waals surface area contributed by atoms with Crippen LogP contribution < -0.4 is 5.32 Å². The molecule has 0 aromatic heterocycles. The number of carbonyl (C=O) groups is 1. The van der Waals surface area contributed by atoms with Crippen LogP contribution in [0.2, 0.25) is 0 Å². The van der Waals surface area contributed by atoms with Gasteiger partial charge in [0.2, 0.25) is 10.0 Å². The Kier molecular flexibility index (Phi) is 8.91. The molecule has 0 spiro atoms. The fourth-order valence-electron chi connectivity index (χ4n) is 3.39. The molecule has 0 bridgehead atoms. The Morgan fingerprint density at radius 2 is 1.76 bits per heavy atom. The van der Waals surface area contributed by atoms with Crippen molar-refractivity contribution in [1.29, 1.82) is 0 Å². The molecule has 2 aromatic rings. The van der Waals surface area contributed by atoms with E-state index >= 15 is 0 Å². The first-order valence-corrected chi connectivity index (χ1v) is 11.9. The molecule has 2 rings (SSSR count). The highest BCUT2D eigenvalue weighted by Crippen LogP contribution is 2.31. The molecular formula is C22H29N3O7S. The molecule has 0 heterocycles. The fraction of sp³-hybridized carbons (Fsp3) is 0.409. The van der Waals surface area contributed by atoms with Crippen molar-refractivity contribution in [3.63, 3.8) is 0 Å². The number of sulfonamides is 1. The van der Waals surface area contributed by atoms with Crippen LogP contribution in [-0.4, -0.2) is 52.8 Å². The Morgan fingerprint density at radius 1 is 1.15 bits per heavy atom. The average molecular weight is 480 g/mol. The summed E-state index contributed by atoms with van der Waals surface area (Å²) in [5.41, 5.74) is -1.53. The first-order chi connectivity index (χ1) is 15.5. The van der Waals surface area contributed by atoms with E-state index in [2.05, 4.69) is 5.32 Å². The minimum atomic E-state index is -4.28. The van der Waals surface area contributed by atoms with Crippen LogP contribution in [0.1, 0.15) is 32.3 Å². The van der Waals surface area contributed by atoms with Crippen LogP contribution >= 0.6 is 0 Å². The lowest BCUT2D eigenvalue weighted by Gasteiger charge is -2.39. The third kappa shape index (κ3) is 7.24. The monoisotopic (exact) mass is 479 g/mol. The summed E-state index contributed by atoms with van der Waals surface area (Å²) in [6, 6.07) is 13.2. The zero-order valence-corrected chi connectivity index (χ0v) is 19.4. The van der Waals surface area contributed by atoms with E-state index in [9.17, 15) is 28.4 Å². The van der Waals surface area contributed by atoms with Gasteiger partial charge in [-0.2, -0.15) is 4.31 Å². The lowest BCUT2D eigenvalue weighted by atomic mass is 9.98. The molecular weight excluding hydrogens is 450 g/mol. The first-order valence-electron chi connectivity index (χ1n) is 10.5.